The number of ether oxygens (including phenoxy) is 2. The number of anilines is 2. The molecular weight excluding hydrogens is 424 g/mol. The predicted octanol–water partition coefficient (Wildman–Crippen LogP) is 2.27. The molecule has 0 radical (unpaired) electrons. The van der Waals surface area contributed by atoms with Crippen molar-refractivity contribution >= 4 is 29.3 Å². The first-order valence-electron chi connectivity index (χ1n) is 10.9. The second-order valence-electron chi connectivity index (χ2n) is 7.55. The fourth-order valence-corrected chi connectivity index (χ4v) is 3.54. The molecule has 0 bridgehead atoms. The third-order valence-corrected chi connectivity index (χ3v) is 5.34. The summed E-state index contributed by atoms with van der Waals surface area (Å²) in [5, 5.41) is 5.14. The van der Waals surface area contributed by atoms with Gasteiger partial charge in [-0.25, -0.2) is 4.79 Å². The molecule has 0 atom stereocenters. The highest BCUT2D eigenvalue weighted by molar-refractivity contribution is 5.91. The maximum absolute atomic E-state index is 12.6. The van der Waals surface area contributed by atoms with Crippen LogP contribution in [0.3, 0.4) is 0 Å². The number of nitrogens with zero attached hydrogens (tertiary/aromatic N) is 2. The van der Waals surface area contributed by atoms with E-state index >= 15 is 0 Å². The molecule has 1 heterocycles. The zero-order valence-electron chi connectivity index (χ0n) is 19.0. The van der Waals surface area contributed by atoms with Crippen LogP contribution in [0.15, 0.2) is 48.5 Å². The van der Waals surface area contributed by atoms with E-state index < -0.39 is 12.0 Å². The number of esters is 1. The fraction of sp³-hybridized carbons (Fsp3) is 0.375. The lowest BCUT2D eigenvalue weighted by Crippen LogP contribution is -2.49. The van der Waals surface area contributed by atoms with Gasteiger partial charge in [-0.2, -0.15) is 0 Å². The van der Waals surface area contributed by atoms with Gasteiger partial charge in [0.2, 0.25) is 5.91 Å². The van der Waals surface area contributed by atoms with Crippen LogP contribution in [0.1, 0.15) is 12.5 Å². The molecule has 2 aromatic rings. The third kappa shape index (κ3) is 7.13. The molecule has 0 saturated carbocycles. The molecule has 3 rings (SSSR count). The van der Waals surface area contributed by atoms with Crippen LogP contribution in [0.5, 0.6) is 5.75 Å². The quantitative estimate of drug-likeness (QED) is 0.594. The molecule has 2 aromatic carbocycles. The van der Waals surface area contributed by atoms with Crippen LogP contribution in [0.2, 0.25) is 0 Å². The monoisotopic (exact) mass is 454 g/mol. The van der Waals surface area contributed by atoms with Crippen molar-refractivity contribution in [2.24, 2.45) is 0 Å². The summed E-state index contributed by atoms with van der Waals surface area (Å²) < 4.78 is 9.93. The highest BCUT2D eigenvalue weighted by Crippen LogP contribution is 2.20. The van der Waals surface area contributed by atoms with Crippen LogP contribution >= 0.6 is 0 Å². The number of carbonyl (C=O) groups excluding carboxylic acids is 3. The van der Waals surface area contributed by atoms with Gasteiger partial charge in [-0.15, -0.1) is 0 Å². The van der Waals surface area contributed by atoms with E-state index in [4.69, 9.17) is 9.47 Å². The van der Waals surface area contributed by atoms with E-state index in [0.717, 1.165) is 30.1 Å². The Balaban J connectivity index is 1.44. The molecule has 1 aliphatic heterocycles. The summed E-state index contributed by atoms with van der Waals surface area (Å²) in [6, 6.07) is 14.6. The van der Waals surface area contributed by atoms with Crippen molar-refractivity contribution in [2.75, 3.05) is 56.7 Å². The summed E-state index contributed by atoms with van der Waals surface area (Å²) in [6.07, 6.45) is 0.378. The van der Waals surface area contributed by atoms with Crippen LogP contribution < -0.4 is 20.3 Å². The van der Waals surface area contributed by atoms with Gasteiger partial charge >= 0.3 is 12.0 Å². The van der Waals surface area contributed by atoms with Crippen LogP contribution in [-0.2, 0) is 20.7 Å². The van der Waals surface area contributed by atoms with Crippen LogP contribution in [-0.4, -0.2) is 69.2 Å². The van der Waals surface area contributed by atoms with Crippen LogP contribution in [0, 0.1) is 0 Å². The summed E-state index contributed by atoms with van der Waals surface area (Å²) in [5.41, 5.74) is 2.61. The van der Waals surface area contributed by atoms with Gasteiger partial charge in [-0.05, 0) is 48.9 Å². The lowest BCUT2D eigenvalue weighted by atomic mass is 10.1. The Hall–Kier alpha value is -3.75. The molecule has 0 unspecified atom stereocenters. The average Bonchev–Trinajstić information content (AvgIpc) is 2.84. The molecule has 1 fully saturated rings. The number of nitrogens with one attached hydrogen (secondary N) is 2. The minimum atomic E-state index is -0.482. The molecule has 3 amide bonds. The van der Waals surface area contributed by atoms with Crippen molar-refractivity contribution in [1.29, 1.82) is 0 Å². The first-order chi connectivity index (χ1) is 16.0. The first-order valence-corrected chi connectivity index (χ1v) is 10.9. The van der Waals surface area contributed by atoms with E-state index in [1.54, 1.807) is 26.2 Å². The Labute approximate surface area is 193 Å². The minimum absolute atomic E-state index is 0.119. The fourth-order valence-electron chi connectivity index (χ4n) is 3.54. The van der Waals surface area contributed by atoms with E-state index in [9.17, 15) is 14.4 Å². The third-order valence-electron chi connectivity index (χ3n) is 5.34. The minimum Gasteiger partial charge on any atom is -0.497 e. The Morgan fingerprint density at radius 1 is 0.939 bits per heavy atom. The summed E-state index contributed by atoms with van der Waals surface area (Å²) in [4.78, 5) is 39.9. The van der Waals surface area contributed by atoms with Crippen molar-refractivity contribution in [1.82, 2.24) is 10.2 Å². The number of piperazine rings is 1. The van der Waals surface area contributed by atoms with Crippen molar-refractivity contribution in [3.63, 3.8) is 0 Å². The molecular formula is C24H30N4O5. The van der Waals surface area contributed by atoms with Gasteiger partial charge in [-0.1, -0.05) is 12.1 Å². The predicted molar refractivity (Wildman–Crippen MR) is 126 cm³/mol. The van der Waals surface area contributed by atoms with E-state index in [1.165, 1.54) is 0 Å². The lowest BCUT2D eigenvalue weighted by molar-refractivity contribution is -0.141. The number of methoxy groups -OCH3 is 1. The summed E-state index contributed by atoms with van der Waals surface area (Å²) in [7, 11) is 1.62. The second kappa shape index (κ2) is 11.8. The largest absolute Gasteiger partial charge is 0.497 e. The maximum atomic E-state index is 12.6. The van der Waals surface area contributed by atoms with Crippen molar-refractivity contribution in [3.05, 3.63) is 54.1 Å². The van der Waals surface area contributed by atoms with Crippen molar-refractivity contribution in [3.8, 4) is 5.75 Å². The van der Waals surface area contributed by atoms with Gasteiger partial charge in [0.25, 0.3) is 0 Å². The number of amides is 3. The smallest absolute Gasteiger partial charge is 0.325 e. The van der Waals surface area contributed by atoms with Gasteiger partial charge in [-0.3, -0.25) is 9.59 Å². The van der Waals surface area contributed by atoms with E-state index in [2.05, 4.69) is 15.5 Å². The number of rotatable bonds is 8. The molecule has 176 valence electrons. The normalized spacial score (nSPS) is 13.3. The summed E-state index contributed by atoms with van der Waals surface area (Å²) in [6.45, 7) is 4.59. The second-order valence-corrected chi connectivity index (χ2v) is 7.55. The van der Waals surface area contributed by atoms with E-state index in [-0.39, 0.29) is 19.1 Å². The van der Waals surface area contributed by atoms with Crippen LogP contribution in [0.25, 0.3) is 0 Å². The first kappa shape index (κ1) is 23.9. The molecule has 2 N–H and O–H groups in total. The highest BCUT2D eigenvalue weighted by atomic mass is 16.5. The molecule has 0 aromatic heterocycles. The van der Waals surface area contributed by atoms with Gasteiger partial charge in [0, 0.05) is 37.6 Å². The van der Waals surface area contributed by atoms with Gasteiger partial charge in [0.05, 0.1) is 20.1 Å². The van der Waals surface area contributed by atoms with Gasteiger partial charge in [0.15, 0.2) is 0 Å². The molecule has 0 aliphatic carbocycles. The zero-order valence-corrected chi connectivity index (χ0v) is 19.0. The average molecular weight is 455 g/mol. The number of carbonyl (C=O) groups is 3. The van der Waals surface area contributed by atoms with Crippen molar-refractivity contribution in [2.45, 2.75) is 13.3 Å². The Morgan fingerprint density at radius 2 is 1.61 bits per heavy atom. The van der Waals surface area contributed by atoms with Gasteiger partial charge < -0.3 is 29.9 Å². The van der Waals surface area contributed by atoms with Gasteiger partial charge in [0.1, 0.15) is 12.3 Å². The Bertz CT molecular complexity index is 938. The van der Waals surface area contributed by atoms with E-state index in [0.29, 0.717) is 25.2 Å². The molecule has 1 saturated heterocycles. The topological polar surface area (TPSA) is 100 Å². The number of hydrogen-bond donors (Lipinski definition) is 2. The Kier molecular flexibility index (Phi) is 8.51. The number of benzene rings is 2. The van der Waals surface area contributed by atoms with E-state index in [1.807, 2.05) is 41.3 Å². The molecule has 0 spiro atoms. The highest BCUT2D eigenvalue weighted by Gasteiger charge is 2.21. The summed E-state index contributed by atoms with van der Waals surface area (Å²) in [5.74, 6) is 0.413. The number of hydrogen-bond acceptors (Lipinski definition) is 6. The SMILES string of the molecule is CCOC(=O)CNC(=O)Nc1ccc(N2CCN(C(=O)Cc3ccc(OC)cc3)CC2)cc1. The molecule has 9 nitrogen and oxygen atoms in total. The Morgan fingerprint density at radius 3 is 2.21 bits per heavy atom. The summed E-state index contributed by atoms with van der Waals surface area (Å²) >= 11 is 0. The standard InChI is InChI=1S/C24H30N4O5/c1-3-33-23(30)17-25-24(31)26-19-6-8-20(9-7-19)27-12-14-28(15-13-27)22(29)16-18-4-10-21(32-2)11-5-18/h4-11H,3,12-17H2,1-2H3,(H2,25,26,31). The maximum Gasteiger partial charge on any atom is 0.325 e. The number of urea groups is 1. The molecule has 1 aliphatic rings. The molecule has 9 heteroatoms. The van der Waals surface area contributed by atoms with Crippen molar-refractivity contribution < 1.29 is 23.9 Å². The lowest BCUT2D eigenvalue weighted by Gasteiger charge is -2.36. The molecule has 33 heavy (non-hydrogen) atoms. The van der Waals surface area contributed by atoms with Crippen LogP contribution in [0.4, 0.5) is 16.2 Å². The zero-order chi connectivity index (χ0) is 23.6.